The summed E-state index contributed by atoms with van der Waals surface area (Å²) in [6, 6.07) is 5.42. The van der Waals surface area contributed by atoms with Crippen molar-refractivity contribution in [2.75, 3.05) is 5.32 Å². The molecule has 0 aromatic carbocycles. The highest BCUT2D eigenvalue weighted by Crippen LogP contribution is 2.42. The minimum absolute atomic E-state index is 0.354. The summed E-state index contributed by atoms with van der Waals surface area (Å²) in [7, 11) is 0. The summed E-state index contributed by atoms with van der Waals surface area (Å²) >= 11 is 15.6. The first-order valence-electron chi connectivity index (χ1n) is 6.95. The maximum absolute atomic E-state index is 10.2. The first kappa shape index (κ1) is 17.0. The number of thiophene rings is 2. The lowest BCUT2D eigenvalue weighted by atomic mass is 10.1. The zero-order valence-electron chi connectivity index (χ0n) is 12.2. The quantitative estimate of drug-likeness (QED) is 0.556. The predicted octanol–water partition coefficient (Wildman–Crippen LogP) is 4.66. The molecule has 2 atom stereocenters. The Hall–Kier alpha value is -0.890. The monoisotopic (exact) mass is 387 g/mol. The van der Waals surface area contributed by atoms with E-state index in [4.69, 9.17) is 28.9 Å². The lowest BCUT2D eigenvalue weighted by Gasteiger charge is -2.12. The molecule has 0 aliphatic carbocycles. The summed E-state index contributed by atoms with van der Waals surface area (Å²) in [5.74, 6) is 0. The molecule has 0 aliphatic heterocycles. The van der Waals surface area contributed by atoms with Gasteiger partial charge >= 0.3 is 0 Å². The normalized spacial score (nSPS) is 14.1. The van der Waals surface area contributed by atoms with Crippen LogP contribution >= 0.6 is 45.9 Å². The van der Waals surface area contributed by atoms with Crippen LogP contribution in [0.4, 0.5) is 5.69 Å². The van der Waals surface area contributed by atoms with Gasteiger partial charge in [0, 0.05) is 23.5 Å². The molecule has 122 valence electrons. The van der Waals surface area contributed by atoms with Crippen LogP contribution < -0.4 is 11.1 Å². The standard InChI is InChI=1S/C15H15Cl2N3OS2/c1-7(18)13(21)15-11(17)12-14(23-15)9(5-10(16)20-12)19-6-8-3-2-4-22-8/h2-5,7,13,21H,6,18H2,1H3,(H,19,20)/t7-,13?/m0/s1. The van der Waals surface area contributed by atoms with E-state index in [1.54, 1.807) is 24.3 Å². The molecule has 1 unspecified atom stereocenters. The van der Waals surface area contributed by atoms with Crippen molar-refractivity contribution in [2.45, 2.75) is 25.6 Å². The van der Waals surface area contributed by atoms with Crippen molar-refractivity contribution in [3.8, 4) is 0 Å². The largest absolute Gasteiger partial charge is 0.386 e. The van der Waals surface area contributed by atoms with E-state index < -0.39 is 12.1 Å². The van der Waals surface area contributed by atoms with Crippen LogP contribution in [0.25, 0.3) is 10.2 Å². The van der Waals surface area contributed by atoms with Crippen molar-refractivity contribution in [1.82, 2.24) is 4.98 Å². The molecule has 4 N–H and O–H groups in total. The zero-order chi connectivity index (χ0) is 16.6. The number of pyridine rings is 1. The molecule has 3 aromatic rings. The number of hydrogen-bond acceptors (Lipinski definition) is 6. The van der Waals surface area contributed by atoms with Crippen molar-refractivity contribution in [3.63, 3.8) is 0 Å². The number of aromatic nitrogens is 1. The number of nitrogens with one attached hydrogen (secondary N) is 1. The number of nitrogens with two attached hydrogens (primary N) is 1. The van der Waals surface area contributed by atoms with E-state index >= 15 is 0 Å². The van der Waals surface area contributed by atoms with Gasteiger partial charge in [-0.3, -0.25) is 0 Å². The Morgan fingerprint density at radius 3 is 2.87 bits per heavy atom. The smallest absolute Gasteiger partial charge is 0.131 e. The van der Waals surface area contributed by atoms with Crippen LogP contribution in [-0.4, -0.2) is 16.1 Å². The number of nitrogens with zero attached hydrogens (tertiary/aromatic N) is 1. The maximum Gasteiger partial charge on any atom is 0.131 e. The molecule has 8 heteroatoms. The van der Waals surface area contributed by atoms with Gasteiger partial charge in [0.15, 0.2) is 0 Å². The van der Waals surface area contributed by atoms with E-state index in [0.717, 1.165) is 10.4 Å². The molecule has 3 rings (SSSR count). The number of rotatable bonds is 5. The van der Waals surface area contributed by atoms with E-state index in [0.29, 0.717) is 27.1 Å². The molecule has 0 radical (unpaired) electrons. The van der Waals surface area contributed by atoms with Gasteiger partial charge in [0.2, 0.25) is 0 Å². The third-order valence-electron chi connectivity index (χ3n) is 3.38. The third kappa shape index (κ3) is 3.47. The van der Waals surface area contributed by atoms with Crippen LogP contribution in [-0.2, 0) is 6.54 Å². The van der Waals surface area contributed by atoms with Crippen molar-refractivity contribution < 1.29 is 5.11 Å². The molecule has 3 heterocycles. The SMILES string of the molecule is C[C@H](N)C(O)c1sc2c(NCc3cccs3)cc(Cl)nc2c1Cl. The fraction of sp³-hybridized carbons (Fsp3) is 0.267. The van der Waals surface area contributed by atoms with Gasteiger partial charge in [-0.1, -0.05) is 29.3 Å². The highest BCUT2D eigenvalue weighted by molar-refractivity contribution is 7.20. The number of fused-ring (bicyclic) bond motifs is 1. The minimum atomic E-state index is -0.828. The molecule has 4 nitrogen and oxygen atoms in total. The predicted molar refractivity (Wildman–Crippen MR) is 99.9 cm³/mol. The van der Waals surface area contributed by atoms with Gasteiger partial charge in [-0.2, -0.15) is 0 Å². The second kappa shape index (κ2) is 6.93. The van der Waals surface area contributed by atoms with Crippen LogP contribution in [0.15, 0.2) is 23.6 Å². The number of aliphatic hydroxyl groups is 1. The number of aliphatic hydroxyl groups excluding tert-OH is 1. The summed E-state index contributed by atoms with van der Waals surface area (Å²) in [6.45, 7) is 2.43. The fourth-order valence-electron chi connectivity index (χ4n) is 2.18. The van der Waals surface area contributed by atoms with Crippen LogP contribution in [0.2, 0.25) is 10.2 Å². The minimum Gasteiger partial charge on any atom is -0.386 e. The van der Waals surface area contributed by atoms with Crippen LogP contribution in [0.1, 0.15) is 22.8 Å². The lowest BCUT2D eigenvalue weighted by Crippen LogP contribution is -2.23. The molecular weight excluding hydrogens is 373 g/mol. The van der Waals surface area contributed by atoms with E-state index in [-0.39, 0.29) is 0 Å². The van der Waals surface area contributed by atoms with Gasteiger partial charge in [0.25, 0.3) is 0 Å². The van der Waals surface area contributed by atoms with Crippen LogP contribution in [0.5, 0.6) is 0 Å². The van der Waals surface area contributed by atoms with Crippen LogP contribution in [0, 0.1) is 0 Å². The first-order valence-corrected chi connectivity index (χ1v) is 9.41. The molecule has 0 amide bonds. The van der Waals surface area contributed by atoms with Gasteiger partial charge < -0.3 is 16.2 Å². The van der Waals surface area contributed by atoms with E-state index in [1.807, 2.05) is 11.4 Å². The Bertz CT molecular complexity index is 818. The number of halogens is 2. The zero-order valence-corrected chi connectivity index (χ0v) is 15.4. The topological polar surface area (TPSA) is 71.2 Å². The Kier molecular flexibility index (Phi) is 5.10. The van der Waals surface area contributed by atoms with Gasteiger partial charge in [-0.25, -0.2) is 4.98 Å². The van der Waals surface area contributed by atoms with Crippen molar-refractivity contribution in [3.05, 3.63) is 43.5 Å². The van der Waals surface area contributed by atoms with Crippen LogP contribution in [0.3, 0.4) is 0 Å². The molecule has 0 saturated heterocycles. The molecule has 3 aromatic heterocycles. The second-order valence-electron chi connectivity index (χ2n) is 5.19. The highest BCUT2D eigenvalue weighted by atomic mass is 35.5. The average molecular weight is 388 g/mol. The number of anilines is 1. The van der Waals surface area contributed by atoms with Gasteiger partial charge in [-0.05, 0) is 18.4 Å². The molecule has 0 spiro atoms. The van der Waals surface area contributed by atoms with Crippen molar-refractivity contribution >= 4 is 61.8 Å². The molecule has 0 bridgehead atoms. The Balaban J connectivity index is 2.02. The van der Waals surface area contributed by atoms with Crippen molar-refractivity contribution in [1.29, 1.82) is 0 Å². The molecule has 23 heavy (non-hydrogen) atoms. The van der Waals surface area contributed by atoms with E-state index in [9.17, 15) is 5.11 Å². The molecular formula is C15H15Cl2N3OS2. The third-order valence-corrected chi connectivity index (χ3v) is 6.23. The van der Waals surface area contributed by atoms with E-state index in [2.05, 4.69) is 16.4 Å². The maximum atomic E-state index is 10.2. The van der Waals surface area contributed by atoms with Gasteiger partial charge in [-0.15, -0.1) is 22.7 Å². The van der Waals surface area contributed by atoms with Gasteiger partial charge in [0.05, 0.1) is 20.3 Å². The Labute approximate surface area is 151 Å². The summed E-state index contributed by atoms with van der Waals surface area (Å²) in [5, 5.41) is 16.4. The fourth-order valence-corrected chi connectivity index (χ4v) is 4.67. The Morgan fingerprint density at radius 2 is 2.22 bits per heavy atom. The number of hydrogen-bond donors (Lipinski definition) is 3. The second-order valence-corrected chi connectivity index (χ2v) is 8.04. The first-order chi connectivity index (χ1) is 11.0. The molecule has 0 fully saturated rings. The molecule has 0 aliphatic rings. The summed E-state index contributed by atoms with van der Waals surface area (Å²) in [4.78, 5) is 6.13. The lowest BCUT2D eigenvalue weighted by molar-refractivity contribution is 0.157. The Morgan fingerprint density at radius 1 is 1.43 bits per heavy atom. The average Bonchev–Trinajstić information content (AvgIpc) is 3.13. The molecule has 0 saturated carbocycles. The van der Waals surface area contributed by atoms with Crippen molar-refractivity contribution in [2.24, 2.45) is 5.73 Å². The highest BCUT2D eigenvalue weighted by Gasteiger charge is 2.23. The van der Waals surface area contributed by atoms with E-state index in [1.165, 1.54) is 16.2 Å². The summed E-state index contributed by atoms with van der Waals surface area (Å²) < 4.78 is 0.866. The summed E-state index contributed by atoms with van der Waals surface area (Å²) in [5.41, 5.74) is 7.23. The van der Waals surface area contributed by atoms with Gasteiger partial charge in [0.1, 0.15) is 16.8 Å². The summed E-state index contributed by atoms with van der Waals surface area (Å²) in [6.07, 6.45) is -0.828.